The number of amides is 1. The predicted molar refractivity (Wildman–Crippen MR) is 80.8 cm³/mol. The molecule has 1 amide bonds. The summed E-state index contributed by atoms with van der Waals surface area (Å²) in [4.78, 5) is 29.5. The van der Waals surface area contributed by atoms with Crippen molar-refractivity contribution in [2.75, 3.05) is 13.1 Å². The minimum absolute atomic E-state index is 0.187. The Kier molecular flexibility index (Phi) is 3.98. The molecule has 116 valence electrons. The van der Waals surface area contributed by atoms with Crippen molar-refractivity contribution in [1.82, 2.24) is 9.88 Å². The third kappa shape index (κ3) is 2.89. The van der Waals surface area contributed by atoms with Crippen LogP contribution in [0.25, 0.3) is 11.5 Å². The molecule has 2 aromatic rings. The van der Waals surface area contributed by atoms with Gasteiger partial charge in [0.05, 0.1) is 16.5 Å². The van der Waals surface area contributed by atoms with Gasteiger partial charge in [-0.1, -0.05) is 0 Å². The number of aromatic nitrogens is 1. The second-order valence-corrected chi connectivity index (χ2v) is 6.44. The average molecular weight is 320 g/mol. The van der Waals surface area contributed by atoms with Crippen molar-refractivity contribution in [2.24, 2.45) is 5.92 Å². The average Bonchev–Trinajstić information content (AvgIpc) is 3.15. The highest BCUT2D eigenvalue weighted by Crippen LogP contribution is 2.25. The van der Waals surface area contributed by atoms with E-state index in [1.54, 1.807) is 11.0 Å². The van der Waals surface area contributed by atoms with Crippen LogP contribution in [-0.2, 0) is 4.79 Å². The summed E-state index contributed by atoms with van der Waals surface area (Å²) in [6.45, 7) is 2.74. The zero-order valence-corrected chi connectivity index (χ0v) is 12.9. The number of hydrogen-bond donors (Lipinski definition) is 1. The van der Waals surface area contributed by atoms with Crippen molar-refractivity contribution >= 4 is 23.2 Å². The molecule has 1 N–H and O–H groups in total. The van der Waals surface area contributed by atoms with Crippen molar-refractivity contribution < 1.29 is 19.1 Å². The molecule has 22 heavy (non-hydrogen) atoms. The molecule has 3 heterocycles. The SMILES string of the molecule is Cc1nc(-c2cc(C(=O)N3CCC[C@@H](C(=O)O)C3)co2)cs1. The Morgan fingerprint density at radius 1 is 1.50 bits per heavy atom. The van der Waals surface area contributed by atoms with Crippen molar-refractivity contribution in [3.8, 4) is 11.5 Å². The summed E-state index contributed by atoms with van der Waals surface area (Å²) in [7, 11) is 0. The lowest BCUT2D eigenvalue weighted by molar-refractivity contribution is -0.143. The standard InChI is InChI=1S/C15H16N2O4S/c1-9-16-12(8-22-9)13-5-11(7-21-13)14(18)17-4-2-3-10(6-17)15(19)20/h5,7-8,10H,2-4,6H2,1H3,(H,19,20)/t10-/m1/s1. The quantitative estimate of drug-likeness (QED) is 0.940. The molecule has 7 heteroatoms. The molecule has 0 radical (unpaired) electrons. The van der Waals surface area contributed by atoms with Crippen LogP contribution in [0.4, 0.5) is 0 Å². The van der Waals surface area contributed by atoms with Crippen LogP contribution in [0.15, 0.2) is 22.1 Å². The maximum Gasteiger partial charge on any atom is 0.308 e. The largest absolute Gasteiger partial charge is 0.481 e. The number of likely N-dealkylation sites (tertiary alicyclic amines) is 1. The molecule has 2 aromatic heterocycles. The van der Waals surface area contributed by atoms with Crippen LogP contribution in [0.1, 0.15) is 28.2 Å². The van der Waals surface area contributed by atoms with Crippen LogP contribution in [0, 0.1) is 12.8 Å². The van der Waals surface area contributed by atoms with E-state index >= 15 is 0 Å². The smallest absolute Gasteiger partial charge is 0.308 e. The lowest BCUT2D eigenvalue weighted by Crippen LogP contribution is -2.42. The number of carboxylic acid groups (broad SMARTS) is 1. The second-order valence-electron chi connectivity index (χ2n) is 5.38. The lowest BCUT2D eigenvalue weighted by Gasteiger charge is -2.30. The van der Waals surface area contributed by atoms with Gasteiger partial charge in [0.1, 0.15) is 12.0 Å². The van der Waals surface area contributed by atoms with Crippen LogP contribution in [0.3, 0.4) is 0 Å². The van der Waals surface area contributed by atoms with E-state index in [4.69, 9.17) is 9.52 Å². The fourth-order valence-electron chi connectivity index (χ4n) is 2.61. The van der Waals surface area contributed by atoms with Gasteiger partial charge in [0, 0.05) is 18.5 Å². The fourth-order valence-corrected chi connectivity index (χ4v) is 3.21. The summed E-state index contributed by atoms with van der Waals surface area (Å²) in [5.74, 6) is -0.957. The second kappa shape index (κ2) is 5.92. The van der Waals surface area contributed by atoms with Gasteiger partial charge in [-0.3, -0.25) is 9.59 Å². The zero-order chi connectivity index (χ0) is 15.7. The molecule has 6 nitrogen and oxygen atoms in total. The Balaban J connectivity index is 1.75. The Hall–Kier alpha value is -2.15. The molecule has 1 aliphatic rings. The summed E-state index contributed by atoms with van der Waals surface area (Å²) in [6.07, 6.45) is 2.74. The van der Waals surface area contributed by atoms with E-state index in [-0.39, 0.29) is 12.5 Å². The van der Waals surface area contributed by atoms with E-state index in [0.717, 1.165) is 5.01 Å². The lowest BCUT2D eigenvalue weighted by atomic mass is 9.98. The maximum absolute atomic E-state index is 12.5. The first kappa shape index (κ1) is 14.8. The molecular weight excluding hydrogens is 304 g/mol. The summed E-state index contributed by atoms with van der Waals surface area (Å²) in [5.41, 5.74) is 1.15. The Morgan fingerprint density at radius 3 is 3.00 bits per heavy atom. The van der Waals surface area contributed by atoms with Crippen LogP contribution in [0.2, 0.25) is 0 Å². The highest BCUT2D eigenvalue weighted by molar-refractivity contribution is 7.09. The van der Waals surface area contributed by atoms with E-state index in [2.05, 4.69) is 4.98 Å². The van der Waals surface area contributed by atoms with Crippen molar-refractivity contribution in [3.05, 3.63) is 28.3 Å². The van der Waals surface area contributed by atoms with Gasteiger partial charge >= 0.3 is 5.97 Å². The first-order valence-corrected chi connectivity index (χ1v) is 7.95. The first-order chi connectivity index (χ1) is 10.5. The number of furan rings is 1. The van der Waals surface area contributed by atoms with Crippen LogP contribution < -0.4 is 0 Å². The van der Waals surface area contributed by atoms with E-state index in [1.165, 1.54) is 17.6 Å². The number of piperidine rings is 1. The topological polar surface area (TPSA) is 83.6 Å². The van der Waals surface area contributed by atoms with Crippen molar-refractivity contribution in [3.63, 3.8) is 0 Å². The molecule has 0 unspecified atom stereocenters. The molecule has 0 saturated carbocycles. The molecule has 0 spiro atoms. The highest BCUT2D eigenvalue weighted by atomic mass is 32.1. The van der Waals surface area contributed by atoms with Gasteiger partial charge in [-0.05, 0) is 25.8 Å². The molecule has 1 atom stereocenters. The summed E-state index contributed by atoms with van der Waals surface area (Å²) >= 11 is 1.52. The number of thiazole rings is 1. The number of carbonyl (C=O) groups excluding carboxylic acids is 1. The van der Waals surface area contributed by atoms with Gasteiger partial charge < -0.3 is 14.4 Å². The Morgan fingerprint density at radius 2 is 2.32 bits per heavy atom. The van der Waals surface area contributed by atoms with Gasteiger partial charge in [0.25, 0.3) is 5.91 Å². The van der Waals surface area contributed by atoms with Gasteiger partial charge in [-0.25, -0.2) is 4.98 Å². The molecule has 1 saturated heterocycles. The van der Waals surface area contributed by atoms with Gasteiger partial charge in [-0.2, -0.15) is 0 Å². The minimum atomic E-state index is -0.844. The Bertz CT molecular complexity index is 706. The summed E-state index contributed by atoms with van der Waals surface area (Å²) in [6, 6.07) is 1.67. The molecular formula is C15H16N2O4S. The fraction of sp³-hybridized carbons (Fsp3) is 0.400. The number of carbonyl (C=O) groups is 2. The molecule has 1 aliphatic heterocycles. The number of carboxylic acids is 1. The summed E-state index contributed by atoms with van der Waals surface area (Å²) < 4.78 is 5.43. The van der Waals surface area contributed by atoms with Crippen LogP contribution >= 0.6 is 11.3 Å². The van der Waals surface area contributed by atoms with E-state index in [1.807, 2.05) is 12.3 Å². The molecule has 0 bridgehead atoms. The third-order valence-corrected chi connectivity index (χ3v) is 4.55. The van der Waals surface area contributed by atoms with Gasteiger partial charge in [-0.15, -0.1) is 11.3 Å². The summed E-state index contributed by atoms with van der Waals surface area (Å²) in [5, 5.41) is 11.9. The number of aliphatic carboxylic acids is 1. The predicted octanol–water partition coefficient (Wildman–Crippen LogP) is 2.65. The maximum atomic E-state index is 12.5. The molecule has 3 rings (SSSR count). The van der Waals surface area contributed by atoms with E-state index in [0.29, 0.717) is 36.4 Å². The van der Waals surface area contributed by atoms with Crippen LogP contribution in [0.5, 0.6) is 0 Å². The van der Waals surface area contributed by atoms with Crippen molar-refractivity contribution in [2.45, 2.75) is 19.8 Å². The first-order valence-electron chi connectivity index (χ1n) is 7.07. The number of aryl methyl sites for hydroxylation is 1. The molecule has 0 aromatic carbocycles. The van der Waals surface area contributed by atoms with Crippen LogP contribution in [-0.4, -0.2) is 40.0 Å². The monoisotopic (exact) mass is 320 g/mol. The number of hydrogen-bond acceptors (Lipinski definition) is 5. The molecule has 1 fully saturated rings. The normalized spacial score (nSPS) is 18.4. The van der Waals surface area contributed by atoms with Crippen molar-refractivity contribution in [1.29, 1.82) is 0 Å². The van der Waals surface area contributed by atoms with E-state index < -0.39 is 11.9 Å². The third-order valence-electron chi connectivity index (χ3n) is 3.78. The minimum Gasteiger partial charge on any atom is -0.481 e. The number of nitrogens with zero attached hydrogens (tertiary/aromatic N) is 2. The molecule has 0 aliphatic carbocycles. The van der Waals surface area contributed by atoms with Gasteiger partial charge in [0.15, 0.2) is 5.76 Å². The highest BCUT2D eigenvalue weighted by Gasteiger charge is 2.29. The zero-order valence-electron chi connectivity index (χ0n) is 12.1. The Labute approximate surface area is 131 Å². The van der Waals surface area contributed by atoms with Gasteiger partial charge in [0.2, 0.25) is 0 Å². The van der Waals surface area contributed by atoms with E-state index in [9.17, 15) is 9.59 Å². The number of rotatable bonds is 3.